The van der Waals surface area contributed by atoms with E-state index in [9.17, 15) is 14.4 Å². The molecule has 0 aliphatic heterocycles. The van der Waals surface area contributed by atoms with Gasteiger partial charge in [-0.25, -0.2) is 9.78 Å². The molecule has 0 fully saturated rings. The number of benzene rings is 2. The minimum Gasteiger partial charge on any atom is -0.479 e. The van der Waals surface area contributed by atoms with Crippen LogP contribution in [0.3, 0.4) is 0 Å². The van der Waals surface area contributed by atoms with Crippen LogP contribution >= 0.6 is 0 Å². The Morgan fingerprint density at radius 1 is 0.905 bits per heavy atom. The third-order valence-corrected chi connectivity index (χ3v) is 7.08. The second-order valence-electron chi connectivity index (χ2n) is 10.3. The SMILES string of the molecule is CCCCCCCN(C(=O)Cn1c(CC)nc(-c2ccccc2)cc1=O)c1ccc(O[C@H](CCC)C(=O)OCC)cc1. The number of esters is 1. The van der Waals surface area contributed by atoms with Gasteiger partial charge in [-0.05, 0) is 44.0 Å². The summed E-state index contributed by atoms with van der Waals surface area (Å²) in [5.41, 5.74) is 1.93. The quantitative estimate of drug-likeness (QED) is 0.133. The van der Waals surface area contributed by atoms with Gasteiger partial charge in [-0.3, -0.25) is 14.2 Å². The van der Waals surface area contributed by atoms with Gasteiger partial charge in [-0.1, -0.05) is 83.2 Å². The molecule has 0 radical (unpaired) electrons. The molecule has 42 heavy (non-hydrogen) atoms. The molecule has 1 amide bonds. The Morgan fingerprint density at radius 2 is 1.62 bits per heavy atom. The van der Waals surface area contributed by atoms with Gasteiger partial charge in [0.05, 0.1) is 12.3 Å². The Morgan fingerprint density at radius 3 is 2.26 bits per heavy atom. The number of hydrogen-bond acceptors (Lipinski definition) is 6. The van der Waals surface area contributed by atoms with Gasteiger partial charge >= 0.3 is 5.97 Å². The van der Waals surface area contributed by atoms with E-state index in [0.29, 0.717) is 48.9 Å². The first-order valence-corrected chi connectivity index (χ1v) is 15.3. The van der Waals surface area contributed by atoms with E-state index in [2.05, 4.69) is 6.92 Å². The van der Waals surface area contributed by atoms with E-state index in [0.717, 1.165) is 44.1 Å². The molecule has 1 heterocycles. The Hall–Kier alpha value is -3.94. The van der Waals surface area contributed by atoms with Gasteiger partial charge in [-0.15, -0.1) is 0 Å². The molecule has 1 atom stereocenters. The summed E-state index contributed by atoms with van der Waals surface area (Å²) < 4.78 is 12.6. The van der Waals surface area contributed by atoms with Crippen molar-refractivity contribution in [2.75, 3.05) is 18.1 Å². The summed E-state index contributed by atoms with van der Waals surface area (Å²) in [6, 6.07) is 18.3. The van der Waals surface area contributed by atoms with E-state index in [1.807, 2.05) is 56.3 Å². The van der Waals surface area contributed by atoms with Crippen LogP contribution in [0.4, 0.5) is 5.69 Å². The molecule has 0 aliphatic rings. The summed E-state index contributed by atoms with van der Waals surface area (Å²) in [4.78, 5) is 45.8. The molecule has 0 bridgehead atoms. The number of aromatic nitrogens is 2. The third-order valence-electron chi connectivity index (χ3n) is 7.08. The van der Waals surface area contributed by atoms with Gasteiger partial charge in [0.2, 0.25) is 5.91 Å². The zero-order chi connectivity index (χ0) is 30.3. The number of anilines is 1. The van der Waals surface area contributed by atoms with Crippen molar-refractivity contribution in [2.45, 2.75) is 91.7 Å². The molecule has 0 unspecified atom stereocenters. The fourth-order valence-electron chi connectivity index (χ4n) is 4.83. The second kappa shape index (κ2) is 17.1. The summed E-state index contributed by atoms with van der Waals surface area (Å²) in [5, 5.41) is 0. The minimum atomic E-state index is -0.678. The van der Waals surface area contributed by atoms with Crippen LogP contribution in [0.15, 0.2) is 65.5 Å². The monoisotopic (exact) mass is 575 g/mol. The number of aryl methyl sites for hydroxylation is 1. The number of amides is 1. The molecule has 2 aromatic carbocycles. The fourth-order valence-corrected chi connectivity index (χ4v) is 4.83. The van der Waals surface area contributed by atoms with Crippen LogP contribution < -0.4 is 15.2 Å². The van der Waals surface area contributed by atoms with Crippen molar-refractivity contribution >= 4 is 17.6 Å². The highest BCUT2D eigenvalue weighted by Crippen LogP contribution is 2.23. The van der Waals surface area contributed by atoms with Gasteiger partial charge < -0.3 is 14.4 Å². The van der Waals surface area contributed by atoms with E-state index in [1.54, 1.807) is 24.0 Å². The maximum atomic E-state index is 13.8. The molecular weight excluding hydrogens is 530 g/mol. The largest absolute Gasteiger partial charge is 0.479 e. The van der Waals surface area contributed by atoms with Gasteiger partial charge in [0.15, 0.2) is 6.10 Å². The third kappa shape index (κ3) is 9.29. The maximum absolute atomic E-state index is 13.8. The van der Waals surface area contributed by atoms with Gasteiger partial charge in [0.25, 0.3) is 5.56 Å². The molecule has 8 heteroatoms. The molecule has 0 aliphatic carbocycles. The lowest BCUT2D eigenvalue weighted by Gasteiger charge is -2.25. The smallest absolute Gasteiger partial charge is 0.347 e. The van der Waals surface area contributed by atoms with Crippen LogP contribution in [0, 0.1) is 0 Å². The first kappa shape index (κ1) is 32.6. The lowest BCUT2D eigenvalue weighted by molar-refractivity contribution is -0.151. The molecule has 3 rings (SSSR count). The molecule has 3 aromatic rings. The average molecular weight is 576 g/mol. The first-order valence-electron chi connectivity index (χ1n) is 15.3. The Labute approximate surface area is 249 Å². The second-order valence-corrected chi connectivity index (χ2v) is 10.3. The number of carbonyl (C=O) groups is 2. The van der Waals surface area contributed by atoms with Crippen molar-refractivity contribution in [3.63, 3.8) is 0 Å². The maximum Gasteiger partial charge on any atom is 0.347 e. The summed E-state index contributed by atoms with van der Waals surface area (Å²) in [7, 11) is 0. The molecule has 0 saturated carbocycles. The van der Waals surface area contributed by atoms with Crippen molar-refractivity contribution < 1.29 is 19.1 Å². The number of carbonyl (C=O) groups excluding carboxylic acids is 2. The van der Waals surface area contributed by atoms with Crippen molar-refractivity contribution in [2.24, 2.45) is 0 Å². The number of rotatable bonds is 17. The highest BCUT2D eigenvalue weighted by atomic mass is 16.6. The van der Waals surface area contributed by atoms with E-state index in [-0.39, 0.29) is 24.0 Å². The van der Waals surface area contributed by atoms with Crippen LogP contribution in [-0.4, -0.2) is 40.7 Å². The Kier molecular flexibility index (Phi) is 13.3. The molecule has 0 N–H and O–H groups in total. The summed E-state index contributed by atoms with van der Waals surface area (Å²) in [6.07, 6.45) is 6.46. The number of ether oxygens (including phenoxy) is 2. The van der Waals surface area contributed by atoms with Crippen LogP contribution in [-0.2, 0) is 27.3 Å². The van der Waals surface area contributed by atoms with E-state index < -0.39 is 6.10 Å². The number of unbranched alkanes of at least 4 members (excludes halogenated alkanes) is 4. The fraction of sp³-hybridized carbons (Fsp3) is 0.471. The lowest BCUT2D eigenvalue weighted by Crippen LogP contribution is -2.38. The molecular formula is C34H45N3O5. The van der Waals surface area contributed by atoms with E-state index >= 15 is 0 Å². The Bertz CT molecular complexity index is 1320. The highest BCUT2D eigenvalue weighted by molar-refractivity contribution is 5.93. The molecule has 8 nitrogen and oxygen atoms in total. The number of hydrogen-bond donors (Lipinski definition) is 0. The van der Waals surface area contributed by atoms with Crippen molar-refractivity contribution in [3.05, 3.63) is 76.8 Å². The van der Waals surface area contributed by atoms with Gasteiger partial charge in [-0.2, -0.15) is 0 Å². The highest BCUT2D eigenvalue weighted by Gasteiger charge is 2.22. The van der Waals surface area contributed by atoms with E-state index in [4.69, 9.17) is 14.5 Å². The predicted molar refractivity (Wildman–Crippen MR) is 167 cm³/mol. The average Bonchev–Trinajstić information content (AvgIpc) is 3.00. The Balaban J connectivity index is 1.83. The lowest BCUT2D eigenvalue weighted by atomic mass is 10.1. The molecule has 226 valence electrons. The number of nitrogens with zero attached hydrogens (tertiary/aromatic N) is 3. The van der Waals surface area contributed by atoms with Crippen LogP contribution in [0.25, 0.3) is 11.3 Å². The molecule has 0 saturated heterocycles. The summed E-state index contributed by atoms with van der Waals surface area (Å²) >= 11 is 0. The van der Waals surface area contributed by atoms with Gasteiger partial charge in [0.1, 0.15) is 18.1 Å². The van der Waals surface area contributed by atoms with E-state index in [1.165, 1.54) is 10.6 Å². The summed E-state index contributed by atoms with van der Waals surface area (Å²) in [6.45, 7) is 8.60. The zero-order valence-electron chi connectivity index (χ0n) is 25.5. The topological polar surface area (TPSA) is 90.7 Å². The van der Waals surface area contributed by atoms with Crippen LogP contribution in [0.5, 0.6) is 5.75 Å². The standard InChI is InChI=1S/C34H45N3O5/c1-5-9-10-11-15-23-36(27-19-21-28(22-20-27)42-30(16-6-2)34(40)41-8-4)33(39)25-37-31(7-3)35-29(24-32(37)38)26-17-13-12-14-18-26/h12-14,17-22,24,30H,5-11,15-16,23,25H2,1-4H3/t30-/m1/s1. The van der Waals surface area contributed by atoms with Crippen LogP contribution in [0.1, 0.15) is 78.5 Å². The summed E-state index contributed by atoms with van der Waals surface area (Å²) in [5.74, 6) is 0.546. The minimum absolute atomic E-state index is 0.0985. The first-order chi connectivity index (χ1) is 20.4. The zero-order valence-corrected chi connectivity index (χ0v) is 25.5. The van der Waals surface area contributed by atoms with Crippen LogP contribution in [0.2, 0.25) is 0 Å². The normalized spacial score (nSPS) is 11.6. The predicted octanol–water partition coefficient (Wildman–Crippen LogP) is 6.59. The van der Waals surface area contributed by atoms with Crippen molar-refractivity contribution in [1.29, 1.82) is 0 Å². The van der Waals surface area contributed by atoms with Crippen molar-refractivity contribution in [3.8, 4) is 17.0 Å². The molecule has 0 spiro atoms. The van der Waals surface area contributed by atoms with Crippen molar-refractivity contribution in [1.82, 2.24) is 9.55 Å². The van der Waals surface area contributed by atoms with Gasteiger partial charge in [0, 0.05) is 30.3 Å². The molecule has 1 aromatic heterocycles.